The van der Waals surface area contributed by atoms with Crippen molar-refractivity contribution in [3.63, 3.8) is 0 Å². The van der Waals surface area contributed by atoms with Gasteiger partial charge in [0.15, 0.2) is 0 Å². The Bertz CT molecular complexity index is 306. The van der Waals surface area contributed by atoms with Crippen LogP contribution < -0.4 is 4.74 Å². The first-order chi connectivity index (χ1) is 6.63. The number of hydrogen-bond donors (Lipinski definition) is 1. The minimum absolute atomic E-state index is 0.429. The molecule has 0 aliphatic heterocycles. The number of hydrogen-bond acceptors (Lipinski definition) is 2. The van der Waals surface area contributed by atoms with E-state index in [1.807, 2.05) is 18.2 Å². The van der Waals surface area contributed by atoms with E-state index in [0.29, 0.717) is 17.5 Å². The van der Waals surface area contributed by atoms with Crippen LogP contribution in [0.3, 0.4) is 0 Å². The molecule has 0 saturated heterocycles. The second-order valence-corrected chi connectivity index (χ2v) is 4.86. The lowest BCUT2D eigenvalue weighted by Crippen LogP contribution is -2.09. The molecule has 0 fully saturated rings. The van der Waals surface area contributed by atoms with Gasteiger partial charge in [0.1, 0.15) is 5.75 Å². The SMILES string of the molecule is CC(CS)COc1ccc(Br)cc1Cl. The third-order valence-electron chi connectivity index (χ3n) is 1.73. The summed E-state index contributed by atoms with van der Waals surface area (Å²) in [4.78, 5) is 0. The minimum Gasteiger partial charge on any atom is -0.492 e. The summed E-state index contributed by atoms with van der Waals surface area (Å²) in [5, 5.41) is 0.630. The van der Waals surface area contributed by atoms with Gasteiger partial charge >= 0.3 is 0 Å². The Balaban J connectivity index is 2.59. The predicted molar refractivity (Wildman–Crippen MR) is 67.7 cm³/mol. The number of thiol groups is 1. The molecule has 4 heteroatoms. The van der Waals surface area contributed by atoms with Crippen molar-refractivity contribution < 1.29 is 4.74 Å². The van der Waals surface area contributed by atoms with Gasteiger partial charge in [0, 0.05) is 4.47 Å². The van der Waals surface area contributed by atoms with Crippen molar-refractivity contribution in [1.29, 1.82) is 0 Å². The molecule has 0 radical (unpaired) electrons. The van der Waals surface area contributed by atoms with E-state index in [0.717, 1.165) is 16.0 Å². The van der Waals surface area contributed by atoms with Gasteiger partial charge in [-0.25, -0.2) is 0 Å². The van der Waals surface area contributed by atoms with Crippen LogP contribution in [0.4, 0.5) is 0 Å². The highest BCUT2D eigenvalue weighted by Crippen LogP contribution is 2.27. The number of ether oxygens (including phenoxy) is 1. The van der Waals surface area contributed by atoms with Gasteiger partial charge in [-0.3, -0.25) is 0 Å². The van der Waals surface area contributed by atoms with Crippen molar-refractivity contribution in [3.8, 4) is 5.75 Å². The molecular weight excluding hydrogens is 284 g/mol. The molecule has 1 nitrogen and oxygen atoms in total. The van der Waals surface area contributed by atoms with Crippen LogP contribution >= 0.6 is 40.2 Å². The molecule has 1 aromatic rings. The maximum atomic E-state index is 5.98. The third kappa shape index (κ3) is 3.71. The summed E-state index contributed by atoms with van der Waals surface area (Å²) in [5.74, 6) is 1.97. The standard InChI is InChI=1S/C10H12BrClOS/c1-7(6-14)5-13-10-3-2-8(11)4-9(10)12/h2-4,7,14H,5-6H2,1H3. The largest absolute Gasteiger partial charge is 0.492 e. The van der Waals surface area contributed by atoms with Gasteiger partial charge in [0.25, 0.3) is 0 Å². The van der Waals surface area contributed by atoms with Gasteiger partial charge in [-0.1, -0.05) is 34.5 Å². The molecular formula is C10H12BrClOS. The van der Waals surface area contributed by atoms with Crippen molar-refractivity contribution in [2.75, 3.05) is 12.4 Å². The van der Waals surface area contributed by atoms with E-state index in [-0.39, 0.29) is 0 Å². The maximum Gasteiger partial charge on any atom is 0.137 e. The van der Waals surface area contributed by atoms with Gasteiger partial charge in [-0.2, -0.15) is 12.6 Å². The highest BCUT2D eigenvalue weighted by atomic mass is 79.9. The Hall–Kier alpha value is 0.140. The summed E-state index contributed by atoms with van der Waals surface area (Å²) in [7, 11) is 0. The van der Waals surface area contributed by atoms with Gasteiger partial charge in [-0.15, -0.1) is 0 Å². The average Bonchev–Trinajstić information content (AvgIpc) is 2.16. The smallest absolute Gasteiger partial charge is 0.137 e. The van der Waals surface area contributed by atoms with Crippen LogP contribution in [0.15, 0.2) is 22.7 Å². The van der Waals surface area contributed by atoms with Gasteiger partial charge in [0.2, 0.25) is 0 Å². The minimum atomic E-state index is 0.429. The summed E-state index contributed by atoms with van der Waals surface area (Å²) in [6.45, 7) is 2.73. The molecule has 0 bridgehead atoms. The number of rotatable bonds is 4. The number of benzene rings is 1. The first-order valence-corrected chi connectivity index (χ1v) is 6.12. The van der Waals surface area contributed by atoms with Crippen LogP contribution in [0.25, 0.3) is 0 Å². The molecule has 0 saturated carbocycles. The van der Waals surface area contributed by atoms with Gasteiger partial charge < -0.3 is 4.74 Å². The molecule has 1 rings (SSSR count). The maximum absolute atomic E-state index is 5.98. The molecule has 0 spiro atoms. The highest BCUT2D eigenvalue weighted by Gasteiger charge is 2.04. The van der Waals surface area contributed by atoms with Crippen LogP contribution in [-0.4, -0.2) is 12.4 Å². The fraction of sp³-hybridized carbons (Fsp3) is 0.400. The summed E-state index contributed by atoms with van der Waals surface area (Å²) < 4.78 is 6.50. The fourth-order valence-corrected chi connectivity index (χ4v) is 1.71. The summed E-state index contributed by atoms with van der Waals surface area (Å²) >= 11 is 13.5. The Morgan fingerprint density at radius 3 is 2.86 bits per heavy atom. The molecule has 0 aliphatic carbocycles. The molecule has 1 unspecified atom stereocenters. The van der Waals surface area contributed by atoms with Crippen LogP contribution in [0.1, 0.15) is 6.92 Å². The Labute approximate surface area is 103 Å². The quantitative estimate of drug-likeness (QED) is 0.825. The zero-order valence-corrected chi connectivity index (χ0v) is 11.1. The molecule has 0 amide bonds. The summed E-state index contributed by atoms with van der Waals surface area (Å²) in [5.41, 5.74) is 0. The Morgan fingerprint density at radius 1 is 1.57 bits per heavy atom. The molecule has 1 atom stereocenters. The first-order valence-electron chi connectivity index (χ1n) is 4.32. The van der Waals surface area contributed by atoms with Crippen LogP contribution in [0.5, 0.6) is 5.75 Å². The van der Waals surface area contributed by atoms with Crippen molar-refractivity contribution in [2.45, 2.75) is 6.92 Å². The predicted octanol–water partition coefficient (Wildman–Crippen LogP) is 4.05. The van der Waals surface area contributed by atoms with Crippen molar-refractivity contribution in [3.05, 3.63) is 27.7 Å². The van der Waals surface area contributed by atoms with E-state index in [1.54, 1.807) is 0 Å². The normalized spacial score (nSPS) is 12.6. The fourth-order valence-electron chi connectivity index (χ4n) is 0.877. The second-order valence-electron chi connectivity index (χ2n) is 3.17. The van der Waals surface area contributed by atoms with E-state index in [2.05, 4.69) is 35.5 Å². The lowest BCUT2D eigenvalue weighted by atomic mass is 10.2. The average molecular weight is 296 g/mol. The van der Waals surface area contributed by atoms with E-state index >= 15 is 0 Å². The summed E-state index contributed by atoms with van der Waals surface area (Å²) in [6.07, 6.45) is 0. The molecule has 14 heavy (non-hydrogen) atoms. The Kier molecular flexibility index (Phi) is 5.13. The highest BCUT2D eigenvalue weighted by molar-refractivity contribution is 9.10. The Morgan fingerprint density at radius 2 is 2.29 bits per heavy atom. The topological polar surface area (TPSA) is 9.23 Å². The lowest BCUT2D eigenvalue weighted by Gasteiger charge is -2.11. The van der Waals surface area contributed by atoms with Crippen molar-refractivity contribution >= 4 is 40.2 Å². The van der Waals surface area contributed by atoms with E-state index < -0.39 is 0 Å². The van der Waals surface area contributed by atoms with Crippen LogP contribution in [0.2, 0.25) is 5.02 Å². The molecule has 1 aromatic carbocycles. The molecule has 0 N–H and O–H groups in total. The second kappa shape index (κ2) is 5.89. The number of halogens is 2. The van der Waals surface area contributed by atoms with E-state index in [1.165, 1.54) is 0 Å². The molecule has 78 valence electrons. The zero-order chi connectivity index (χ0) is 10.6. The van der Waals surface area contributed by atoms with Crippen LogP contribution in [0, 0.1) is 5.92 Å². The van der Waals surface area contributed by atoms with Crippen molar-refractivity contribution in [1.82, 2.24) is 0 Å². The molecule has 0 heterocycles. The zero-order valence-electron chi connectivity index (χ0n) is 7.84. The van der Waals surface area contributed by atoms with Crippen molar-refractivity contribution in [2.24, 2.45) is 5.92 Å². The lowest BCUT2D eigenvalue weighted by molar-refractivity contribution is 0.274. The summed E-state index contributed by atoms with van der Waals surface area (Å²) in [6, 6.07) is 5.59. The monoisotopic (exact) mass is 294 g/mol. The van der Waals surface area contributed by atoms with Gasteiger partial charge in [-0.05, 0) is 29.9 Å². The third-order valence-corrected chi connectivity index (χ3v) is 3.14. The first kappa shape index (κ1) is 12.2. The van der Waals surface area contributed by atoms with E-state index in [4.69, 9.17) is 16.3 Å². The van der Waals surface area contributed by atoms with E-state index in [9.17, 15) is 0 Å². The molecule has 0 aromatic heterocycles. The van der Waals surface area contributed by atoms with Crippen LogP contribution in [-0.2, 0) is 0 Å². The molecule has 0 aliphatic rings. The van der Waals surface area contributed by atoms with Gasteiger partial charge in [0.05, 0.1) is 11.6 Å².